The lowest BCUT2D eigenvalue weighted by Crippen LogP contribution is -2.55. The van der Waals surface area contributed by atoms with Crippen LogP contribution in [0.1, 0.15) is 18.5 Å². The van der Waals surface area contributed by atoms with Gasteiger partial charge in [0.05, 0.1) is 11.3 Å². The molecule has 0 spiro atoms. The highest BCUT2D eigenvalue weighted by atomic mass is 16.5. The molecule has 1 aliphatic heterocycles. The van der Waals surface area contributed by atoms with Crippen LogP contribution in [0.15, 0.2) is 0 Å². The summed E-state index contributed by atoms with van der Waals surface area (Å²) in [5.41, 5.74) is 6.59. The molecule has 3 N–H and O–H groups in total. The smallest absolute Gasteiger partial charge is 0.250 e. The predicted molar refractivity (Wildman–Crippen MR) is 71.0 cm³/mol. The standard InChI is InChI=1S/C12H17N5O2/c1-6-7-9(16-11(13)14-6)17(2)8(10(18)15-7)12(19-3)4-5-12/h8H,4-5H2,1-3H3,(H,15,18)(H2,13,14,16)/t8-/m1/s1. The van der Waals surface area contributed by atoms with Crippen molar-refractivity contribution < 1.29 is 9.53 Å². The van der Waals surface area contributed by atoms with E-state index in [-0.39, 0.29) is 17.9 Å². The number of nitrogen functional groups attached to an aromatic ring is 1. The van der Waals surface area contributed by atoms with Gasteiger partial charge in [-0.2, -0.15) is 4.98 Å². The van der Waals surface area contributed by atoms with Crippen molar-refractivity contribution in [3.8, 4) is 0 Å². The van der Waals surface area contributed by atoms with Gasteiger partial charge in [-0.15, -0.1) is 0 Å². The van der Waals surface area contributed by atoms with Crippen LogP contribution in [0.25, 0.3) is 0 Å². The van der Waals surface area contributed by atoms with Crippen LogP contribution in [0.5, 0.6) is 0 Å². The number of carbonyl (C=O) groups excluding carboxylic acids is 1. The lowest BCUT2D eigenvalue weighted by molar-refractivity contribution is -0.121. The largest absolute Gasteiger partial charge is 0.376 e. The van der Waals surface area contributed by atoms with E-state index in [1.165, 1.54) is 0 Å². The minimum atomic E-state index is -0.399. The van der Waals surface area contributed by atoms with Gasteiger partial charge < -0.3 is 20.7 Å². The zero-order chi connectivity index (χ0) is 13.8. The van der Waals surface area contributed by atoms with Gasteiger partial charge in [0.1, 0.15) is 11.7 Å². The molecule has 0 unspecified atom stereocenters. The van der Waals surface area contributed by atoms with E-state index in [0.717, 1.165) is 12.8 Å². The number of aryl methyl sites for hydroxylation is 1. The summed E-state index contributed by atoms with van der Waals surface area (Å²) in [5, 5.41) is 2.88. The van der Waals surface area contributed by atoms with Crippen LogP contribution in [0.4, 0.5) is 17.5 Å². The summed E-state index contributed by atoms with van der Waals surface area (Å²) in [7, 11) is 3.48. The first-order chi connectivity index (χ1) is 8.98. The zero-order valence-corrected chi connectivity index (χ0v) is 11.2. The number of likely N-dealkylation sites (N-methyl/N-ethyl adjacent to an activating group) is 1. The van der Waals surface area contributed by atoms with Crippen LogP contribution in [0.2, 0.25) is 0 Å². The average Bonchev–Trinajstić information content (AvgIpc) is 3.12. The second-order valence-corrected chi connectivity index (χ2v) is 5.14. The molecule has 2 aliphatic rings. The van der Waals surface area contributed by atoms with Gasteiger partial charge in [0.25, 0.3) is 0 Å². The molecule has 3 rings (SSSR count). The predicted octanol–water partition coefficient (Wildman–Crippen LogP) is 0.303. The average molecular weight is 263 g/mol. The van der Waals surface area contributed by atoms with Crippen molar-refractivity contribution in [1.29, 1.82) is 0 Å². The third kappa shape index (κ3) is 1.65. The normalized spacial score (nSPS) is 23.8. The Labute approximate surface area is 111 Å². The Morgan fingerprint density at radius 2 is 2.16 bits per heavy atom. The number of rotatable bonds is 2. The number of methoxy groups -OCH3 is 1. The van der Waals surface area contributed by atoms with Gasteiger partial charge in [0, 0.05) is 14.2 Å². The van der Waals surface area contributed by atoms with Crippen LogP contribution in [-0.4, -0.2) is 41.7 Å². The van der Waals surface area contributed by atoms with Crippen LogP contribution >= 0.6 is 0 Å². The van der Waals surface area contributed by atoms with Crippen molar-refractivity contribution in [3.05, 3.63) is 5.69 Å². The topological polar surface area (TPSA) is 93.4 Å². The Morgan fingerprint density at radius 1 is 1.47 bits per heavy atom. The van der Waals surface area contributed by atoms with Gasteiger partial charge in [-0.3, -0.25) is 4.79 Å². The van der Waals surface area contributed by atoms with Gasteiger partial charge in [-0.1, -0.05) is 0 Å². The molecule has 0 radical (unpaired) electrons. The first kappa shape index (κ1) is 12.2. The lowest BCUT2D eigenvalue weighted by Gasteiger charge is -2.38. The molecule has 1 atom stereocenters. The third-order valence-electron chi connectivity index (χ3n) is 3.95. The molecule has 2 heterocycles. The zero-order valence-electron chi connectivity index (χ0n) is 11.2. The number of nitrogens with two attached hydrogens (primary N) is 1. The maximum absolute atomic E-state index is 12.3. The highest BCUT2D eigenvalue weighted by Crippen LogP contribution is 2.47. The molecule has 1 aromatic rings. The minimum Gasteiger partial charge on any atom is -0.376 e. The van der Waals surface area contributed by atoms with Crippen molar-refractivity contribution in [3.63, 3.8) is 0 Å². The molecule has 1 aromatic heterocycles. The Bertz CT molecular complexity index is 555. The number of hydrogen-bond donors (Lipinski definition) is 2. The number of fused-ring (bicyclic) bond motifs is 1. The minimum absolute atomic E-state index is 0.0779. The maximum atomic E-state index is 12.3. The number of carbonyl (C=O) groups is 1. The number of nitrogens with zero attached hydrogens (tertiary/aromatic N) is 3. The van der Waals surface area contributed by atoms with Gasteiger partial charge >= 0.3 is 0 Å². The first-order valence-electron chi connectivity index (χ1n) is 6.21. The van der Waals surface area contributed by atoms with E-state index >= 15 is 0 Å². The van der Waals surface area contributed by atoms with Crippen LogP contribution in [-0.2, 0) is 9.53 Å². The maximum Gasteiger partial charge on any atom is 0.250 e. The summed E-state index contributed by atoms with van der Waals surface area (Å²) in [6, 6.07) is -0.376. The fourth-order valence-electron chi connectivity index (χ4n) is 2.77. The second-order valence-electron chi connectivity index (χ2n) is 5.14. The SMILES string of the molecule is COC1([C@H]2C(=O)Nc3c(C)nc(N)nc3N2C)CC1. The highest BCUT2D eigenvalue weighted by molar-refractivity contribution is 6.04. The van der Waals surface area contributed by atoms with Crippen molar-refractivity contribution in [2.45, 2.75) is 31.4 Å². The monoisotopic (exact) mass is 263 g/mol. The van der Waals surface area contributed by atoms with Crippen molar-refractivity contribution in [2.75, 3.05) is 30.1 Å². The molecule has 102 valence electrons. The number of nitrogens with one attached hydrogen (secondary N) is 1. The number of anilines is 3. The van der Waals surface area contributed by atoms with E-state index < -0.39 is 5.60 Å². The fraction of sp³-hybridized carbons (Fsp3) is 0.583. The molecule has 1 amide bonds. The summed E-state index contributed by atoms with van der Waals surface area (Å²) >= 11 is 0. The molecular formula is C12H17N5O2. The second kappa shape index (κ2) is 3.80. The molecule has 7 heteroatoms. The lowest BCUT2D eigenvalue weighted by atomic mass is 10.0. The van der Waals surface area contributed by atoms with E-state index in [1.807, 2.05) is 11.9 Å². The third-order valence-corrected chi connectivity index (χ3v) is 3.95. The molecule has 1 aliphatic carbocycles. The summed E-state index contributed by atoms with van der Waals surface area (Å²) in [5.74, 6) is 0.781. The van der Waals surface area contributed by atoms with Gasteiger partial charge in [-0.25, -0.2) is 4.98 Å². The summed E-state index contributed by atoms with van der Waals surface area (Å²) in [6.07, 6.45) is 1.75. The highest BCUT2D eigenvalue weighted by Gasteiger charge is 2.57. The fourth-order valence-corrected chi connectivity index (χ4v) is 2.77. The van der Waals surface area contributed by atoms with E-state index in [2.05, 4.69) is 15.3 Å². The number of aromatic nitrogens is 2. The molecular weight excluding hydrogens is 246 g/mol. The molecule has 0 bridgehead atoms. The summed E-state index contributed by atoms with van der Waals surface area (Å²) in [4.78, 5) is 22.5. The van der Waals surface area contributed by atoms with E-state index in [9.17, 15) is 4.79 Å². The first-order valence-corrected chi connectivity index (χ1v) is 6.21. The molecule has 19 heavy (non-hydrogen) atoms. The van der Waals surface area contributed by atoms with Crippen LogP contribution in [0.3, 0.4) is 0 Å². The van der Waals surface area contributed by atoms with Gasteiger partial charge in [0.15, 0.2) is 5.82 Å². The van der Waals surface area contributed by atoms with Crippen LogP contribution < -0.4 is 16.0 Å². The number of ether oxygens (including phenoxy) is 1. The van der Waals surface area contributed by atoms with E-state index in [4.69, 9.17) is 10.5 Å². The quantitative estimate of drug-likeness (QED) is 0.797. The summed E-state index contributed by atoms with van der Waals surface area (Å²) in [6.45, 7) is 1.80. The molecule has 7 nitrogen and oxygen atoms in total. The molecule has 0 saturated heterocycles. The van der Waals surface area contributed by atoms with E-state index in [0.29, 0.717) is 17.2 Å². The number of amides is 1. The van der Waals surface area contributed by atoms with Gasteiger partial charge in [0.2, 0.25) is 11.9 Å². The molecule has 1 saturated carbocycles. The Kier molecular flexibility index (Phi) is 2.43. The van der Waals surface area contributed by atoms with Crippen LogP contribution in [0, 0.1) is 6.92 Å². The number of hydrogen-bond acceptors (Lipinski definition) is 6. The van der Waals surface area contributed by atoms with Crippen molar-refractivity contribution in [1.82, 2.24) is 9.97 Å². The summed E-state index contributed by atoms with van der Waals surface area (Å²) < 4.78 is 5.53. The van der Waals surface area contributed by atoms with Crippen molar-refractivity contribution in [2.24, 2.45) is 0 Å². The molecule has 1 fully saturated rings. The van der Waals surface area contributed by atoms with Gasteiger partial charge in [-0.05, 0) is 19.8 Å². The Hall–Kier alpha value is -1.89. The van der Waals surface area contributed by atoms with E-state index in [1.54, 1.807) is 14.0 Å². The Balaban J connectivity index is 2.07. The Morgan fingerprint density at radius 3 is 2.74 bits per heavy atom. The molecule has 0 aromatic carbocycles. The van der Waals surface area contributed by atoms with Crippen molar-refractivity contribution >= 4 is 23.4 Å².